The number of nitrogens with zero attached hydrogens (tertiary/aromatic N) is 2. The first-order chi connectivity index (χ1) is 13.4. The standard InChI is InChI=1S/C21H16BrN3O2S/c1-11-5-3-4-6-18(11)25-20(27)16(19(26)24-21(25)28)10-14-12(2)23-17-8-7-13(22)9-15(14)17/h3-10,27H,1-2H3,(H,24,26,28)/b14-10+. The van der Waals surface area contributed by atoms with Crippen LogP contribution in [0.4, 0.5) is 5.69 Å². The largest absolute Gasteiger partial charge is 0.494 e. The van der Waals surface area contributed by atoms with Gasteiger partial charge in [-0.25, -0.2) is 0 Å². The van der Waals surface area contributed by atoms with Crippen LogP contribution in [-0.4, -0.2) is 20.4 Å². The third kappa shape index (κ3) is 3.06. The van der Waals surface area contributed by atoms with Gasteiger partial charge in [-0.05, 0) is 62.0 Å². The molecule has 0 radical (unpaired) electrons. The zero-order valence-corrected chi connectivity index (χ0v) is 17.6. The molecule has 0 saturated heterocycles. The molecular formula is C21H16BrN3O2S. The summed E-state index contributed by atoms with van der Waals surface area (Å²) in [4.78, 5) is 19.8. The molecule has 0 fully saturated rings. The van der Waals surface area contributed by atoms with E-state index in [-0.39, 0.29) is 16.2 Å². The highest BCUT2D eigenvalue weighted by Crippen LogP contribution is 2.38. The lowest BCUT2D eigenvalue weighted by Gasteiger charge is -2.14. The lowest BCUT2D eigenvalue weighted by Crippen LogP contribution is -2.16. The summed E-state index contributed by atoms with van der Waals surface area (Å²) >= 11 is 8.78. The predicted octanol–water partition coefficient (Wildman–Crippen LogP) is 5.32. The third-order valence-electron chi connectivity index (χ3n) is 4.69. The van der Waals surface area contributed by atoms with Crippen molar-refractivity contribution >= 4 is 51.2 Å². The molecule has 2 aromatic carbocycles. The number of rotatable bonds is 2. The third-order valence-corrected chi connectivity index (χ3v) is 5.47. The number of nitrogens with one attached hydrogen (secondary N) is 1. The Morgan fingerprint density at radius 1 is 1.21 bits per heavy atom. The molecule has 2 heterocycles. The first-order valence-electron chi connectivity index (χ1n) is 8.58. The quantitative estimate of drug-likeness (QED) is 0.515. The second-order valence-electron chi connectivity index (χ2n) is 6.54. The lowest BCUT2D eigenvalue weighted by molar-refractivity contribution is 0.431. The molecule has 140 valence electrons. The van der Waals surface area contributed by atoms with Crippen LogP contribution in [-0.2, 0) is 0 Å². The molecule has 0 saturated carbocycles. The summed E-state index contributed by atoms with van der Waals surface area (Å²) in [6, 6.07) is 13.3. The number of hydrogen-bond donors (Lipinski definition) is 2. The van der Waals surface area contributed by atoms with Crippen molar-refractivity contribution < 1.29 is 5.11 Å². The minimum atomic E-state index is -0.448. The summed E-state index contributed by atoms with van der Waals surface area (Å²) in [7, 11) is 0. The Kier molecular flexibility index (Phi) is 4.64. The first-order valence-corrected chi connectivity index (χ1v) is 9.78. The van der Waals surface area contributed by atoms with Crippen LogP contribution in [0.5, 0.6) is 5.88 Å². The van der Waals surface area contributed by atoms with Crippen LogP contribution in [0.3, 0.4) is 0 Å². The molecule has 1 aliphatic heterocycles. The smallest absolute Gasteiger partial charge is 0.262 e. The highest BCUT2D eigenvalue weighted by molar-refractivity contribution is 9.10. The van der Waals surface area contributed by atoms with E-state index < -0.39 is 5.56 Å². The van der Waals surface area contributed by atoms with Gasteiger partial charge in [0.05, 0.1) is 11.4 Å². The van der Waals surface area contributed by atoms with Gasteiger partial charge in [0.25, 0.3) is 5.56 Å². The number of H-pyrrole nitrogens is 1. The first kappa shape index (κ1) is 18.6. The van der Waals surface area contributed by atoms with E-state index in [2.05, 4.69) is 25.9 Å². The van der Waals surface area contributed by atoms with Crippen molar-refractivity contribution in [3.63, 3.8) is 0 Å². The van der Waals surface area contributed by atoms with Gasteiger partial charge in [-0.3, -0.25) is 19.3 Å². The summed E-state index contributed by atoms with van der Waals surface area (Å²) in [6.45, 7) is 3.79. The maximum Gasteiger partial charge on any atom is 0.262 e. The van der Waals surface area contributed by atoms with Crippen LogP contribution in [0.2, 0.25) is 0 Å². The second kappa shape index (κ2) is 7.00. The molecule has 4 rings (SSSR count). The number of aromatic hydroxyl groups is 1. The van der Waals surface area contributed by atoms with Gasteiger partial charge in [0.2, 0.25) is 5.88 Å². The molecule has 0 atom stereocenters. The average Bonchev–Trinajstić information content (AvgIpc) is 2.94. The summed E-state index contributed by atoms with van der Waals surface area (Å²) in [5.41, 5.74) is 4.60. The molecule has 0 bridgehead atoms. The van der Waals surface area contributed by atoms with Gasteiger partial charge < -0.3 is 5.11 Å². The van der Waals surface area contributed by atoms with Crippen molar-refractivity contribution in [2.75, 3.05) is 0 Å². The van der Waals surface area contributed by atoms with E-state index in [0.717, 1.165) is 32.6 Å². The van der Waals surface area contributed by atoms with E-state index >= 15 is 0 Å². The maximum atomic E-state index is 12.6. The highest BCUT2D eigenvalue weighted by Gasteiger charge is 2.21. The summed E-state index contributed by atoms with van der Waals surface area (Å²) in [5.74, 6) is -0.202. The van der Waals surface area contributed by atoms with E-state index in [1.54, 1.807) is 6.08 Å². The van der Waals surface area contributed by atoms with E-state index in [9.17, 15) is 9.90 Å². The number of benzene rings is 2. The van der Waals surface area contributed by atoms with Crippen molar-refractivity contribution in [1.29, 1.82) is 0 Å². The molecule has 0 spiro atoms. The number of aryl methyl sites for hydroxylation is 1. The number of allylic oxidation sites excluding steroid dienone is 1. The fourth-order valence-electron chi connectivity index (χ4n) is 3.29. The second-order valence-corrected chi connectivity index (χ2v) is 7.84. The molecule has 1 aromatic heterocycles. The zero-order valence-electron chi connectivity index (χ0n) is 15.2. The minimum Gasteiger partial charge on any atom is -0.494 e. The van der Waals surface area contributed by atoms with Gasteiger partial charge >= 0.3 is 0 Å². The molecule has 0 amide bonds. The number of aromatic amines is 1. The van der Waals surface area contributed by atoms with Gasteiger partial charge in [-0.15, -0.1) is 0 Å². The van der Waals surface area contributed by atoms with E-state index in [0.29, 0.717) is 5.69 Å². The number of aliphatic imine (C=N–C) groups is 1. The topological polar surface area (TPSA) is 70.4 Å². The Morgan fingerprint density at radius 3 is 2.71 bits per heavy atom. The Labute approximate surface area is 174 Å². The van der Waals surface area contributed by atoms with E-state index in [4.69, 9.17) is 12.2 Å². The van der Waals surface area contributed by atoms with Crippen LogP contribution in [0.15, 0.2) is 56.7 Å². The summed E-state index contributed by atoms with van der Waals surface area (Å²) in [6.07, 6.45) is 1.66. The fourth-order valence-corrected chi connectivity index (χ4v) is 3.93. The van der Waals surface area contributed by atoms with Crippen molar-refractivity contribution in [3.05, 3.63) is 78.8 Å². The van der Waals surface area contributed by atoms with Crippen LogP contribution in [0.1, 0.15) is 23.6 Å². The molecule has 1 aliphatic rings. The fraction of sp³-hybridized carbons (Fsp3) is 0.0952. The Morgan fingerprint density at radius 2 is 1.96 bits per heavy atom. The highest BCUT2D eigenvalue weighted by atomic mass is 79.9. The zero-order chi connectivity index (χ0) is 20.0. The van der Waals surface area contributed by atoms with Crippen LogP contribution in [0.25, 0.3) is 17.3 Å². The number of halogens is 1. The number of aromatic nitrogens is 2. The van der Waals surface area contributed by atoms with Gasteiger partial charge in [0.15, 0.2) is 4.77 Å². The molecule has 7 heteroatoms. The average molecular weight is 454 g/mol. The monoisotopic (exact) mass is 453 g/mol. The normalized spacial score (nSPS) is 14.2. The van der Waals surface area contributed by atoms with Crippen LogP contribution < -0.4 is 5.56 Å². The molecule has 0 aliphatic carbocycles. The molecule has 2 N–H and O–H groups in total. The lowest BCUT2D eigenvalue weighted by atomic mass is 10.0. The van der Waals surface area contributed by atoms with E-state index in [1.165, 1.54) is 4.57 Å². The van der Waals surface area contributed by atoms with Crippen LogP contribution >= 0.6 is 28.1 Å². The molecule has 5 nitrogen and oxygen atoms in total. The van der Waals surface area contributed by atoms with Crippen molar-refractivity contribution in [1.82, 2.24) is 9.55 Å². The molecule has 0 unspecified atom stereocenters. The SMILES string of the molecule is CC1=Nc2ccc(Br)cc2/C1=C/c1c(O)n(-c2ccccc2C)c(=S)[nH]c1=O. The van der Waals surface area contributed by atoms with Crippen LogP contribution in [0, 0.1) is 11.7 Å². The van der Waals surface area contributed by atoms with Gasteiger partial charge in [-0.1, -0.05) is 34.1 Å². The number of para-hydroxylation sites is 1. The Balaban J connectivity index is 1.98. The van der Waals surface area contributed by atoms with Gasteiger partial charge in [0, 0.05) is 21.3 Å². The summed E-state index contributed by atoms with van der Waals surface area (Å²) < 4.78 is 2.52. The van der Waals surface area contributed by atoms with Gasteiger partial charge in [-0.2, -0.15) is 0 Å². The van der Waals surface area contributed by atoms with E-state index in [1.807, 2.05) is 56.3 Å². The molecule has 3 aromatic rings. The number of fused-ring (bicyclic) bond motifs is 1. The Hall–Kier alpha value is -2.77. The van der Waals surface area contributed by atoms with Crippen molar-refractivity contribution in [3.8, 4) is 11.6 Å². The minimum absolute atomic E-state index is 0.134. The maximum absolute atomic E-state index is 12.6. The summed E-state index contributed by atoms with van der Waals surface area (Å²) in [5, 5.41) is 11.0. The number of hydrogen-bond acceptors (Lipinski definition) is 4. The van der Waals surface area contributed by atoms with Crippen molar-refractivity contribution in [2.45, 2.75) is 13.8 Å². The molecular weight excluding hydrogens is 438 g/mol. The molecule has 28 heavy (non-hydrogen) atoms. The van der Waals surface area contributed by atoms with Gasteiger partial charge in [0.1, 0.15) is 5.56 Å². The van der Waals surface area contributed by atoms with Crippen molar-refractivity contribution in [2.24, 2.45) is 4.99 Å². The predicted molar refractivity (Wildman–Crippen MR) is 118 cm³/mol. The Bertz CT molecular complexity index is 1300.